The lowest BCUT2D eigenvalue weighted by atomic mass is 9.90. The van der Waals surface area contributed by atoms with E-state index in [1.165, 1.54) is 0 Å². The van der Waals surface area contributed by atoms with E-state index in [9.17, 15) is 9.90 Å². The van der Waals surface area contributed by atoms with Crippen LogP contribution in [0.5, 0.6) is 17.2 Å². The van der Waals surface area contributed by atoms with Gasteiger partial charge in [-0.2, -0.15) is 0 Å². The lowest BCUT2D eigenvalue weighted by Gasteiger charge is -2.40. The first-order valence-corrected chi connectivity index (χ1v) is 9.85. The van der Waals surface area contributed by atoms with E-state index < -0.39 is 12.0 Å². The Hall–Kier alpha value is -2.73. The molecule has 0 aromatic heterocycles. The molecule has 1 fully saturated rings. The van der Waals surface area contributed by atoms with Crippen LogP contribution < -0.4 is 14.2 Å². The Morgan fingerprint density at radius 2 is 1.83 bits per heavy atom. The molecule has 2 unspecified atom stereocenters. The van der Waals surface area contributed by atoms with Crippen LogP contribution >= 0.6 is 0 Å². The molecule has 29 heavy (non-hydrogen) atoms. The van der Waals surface area contributed by atoms with Crippen LogP contribution in [0.2, 0.25) is 0 Å². The van der Waals surface area contributed by atoms with Gasteiger partial charge in [-0.15, -0.1) is 0 Å². The van der Waals surface area contributed by atoms with Crippen LogP contribution in [-0.2, 0) is 4.79 Å². The van der Waals surface area contributed by atoms with E-state index in [4.69, 9.17) is 14.2 Å². The number of aryl methyl sites for hydroxylation is 1. The normalized spacial score (nSPS) is 18.1. The lowest BCUT2D eigenvalue weighted by Crippen LogP contribution is -2.47. The molecule has 0 saturated carbocycles. The summed E-state index contributed by atoms with van der Waals surface area (Å²) in [6.45, 7) is 2.74. The average Bonchev–Trinajstić information content (AvgIpc) is 2.73. The maximum absolute atomic E-state index is 12.1. The third-order valence-electron chi connectivity index (χ3n) is 5.55. The highest BCUT2D eigenvalue weighted by atomic mass is 16.5. The number of hydrogen-bond donors (Lipinski definition) is 1. The molecule has 1 aliphatic heterocycles. The number of piperidine rings is 1. The molecule has 1 saturated heterocycles. The predicted molar refractivity (Wildman–Crippen MR) is 111 cm³/mol. The number of likely N-dealkylation sites (tertiary alicyclic amines) is 1. The fourth-order valence-electron chi connectivity index (χ4n) is 4.26. The van der Waals surface area contributed by atoms with Crippen LogP contribution in [0.1, 0.15) is 42.0 Å². The summed E-state index contributed by atoms with van der Waals surface area (Å²) in [4.78, 5) is 14.1. The molecule has 2 atom stereocenters. The summed E-state index contributed by atoms with van der Waals surface area (Å²) in [6, 6.07) is 11.2. The molecular formula is C23H29NO5. The van der Waals surface area contributed by atoms with Crippen LogP contribution in [0.3, 0.4) is 0 Å². The highest BCUT2D eigenvalue weighted by Gasteiger charge is 2.37. The number of hydrogen-bond acceptors (Lipinski definition) is 5. The molecule has 0 bridgehead atoms. The smallest absolute Gasteiger partial charge is 0.320 e. The van der Waals surface area contributed by atoms with Gasteiger partial charge in [0.05, 0.1) is 27.4 Å². The molecule has 2 aromatic carbocycles. The summed E-state index contributed by atoms with van der Waals surface area (Å²) in [5.41, 5.74) is 3.02. The second kappa shape index (κ2) is 9.18. The summed E-state index contributed by atoms with van der Waals surface area (Å²) < 4.78 is 16.8. The standard InChI is InChI=1S/C23H29NO5/c1-15-8-7-9-16(14-15)20(24-13-6-5-10-18(24)23(25)26)17-11-12-19(27-2)22(29-4)21(17)28-3/h7-9,11-12,14,18,20H,5-6,10,13H2,1-4H3,(H,25,26). The number of ether oxygens (including phenoxy) is 3. The molecule has 6 nitrogen and oxygen atoms in total. The number of aliphatic carboxylic acids is 1. The molecule has 156 valence electrons. The van der Waals surface area contributed by atoms with Gasteiger partial charge in [-0.25, -0.2) is 0 Å². The minimum absolute atomic E-state index is 0.272. The van der Waals surface area contributed by atoms with Gasteiger partial charge in [0.1, 0.15) is 6.04 Å². The van der Waals surface area contributed by atoms with Crippen LogP contribution in [0, 0.1) is 6.92 Å². The summed E-state index contributed by atoms with van der Waals surface area (Å²) >= 11 is 0. The zero-order chi connectivity index (χ0) is 21.0. The molecule has 0 aliphatic carbocycles. The van der Waals surface area contributed by atoms with Crippen LogP contribution in [0.25, 0.3) is 0 Å². The third kappa shape index (κ3) is 4.17. The van der Waals surface area contributed by atoms with Gasteiger partial charge in [0.2, 0.25) is 5.75 Å². The molecular weight excluding hydrogens is 370 g/mol. The average molecular weight is 399 g/mol. The van der Waals surface area contributed by atoms with Gasteiger partial charge >= 0.3 is 5.97 Å². The highest BCUT2D eigenvalue weighted by Crippen LogP contribution is 2.46. The molecule has 1 heterocycles. The number of carboxylic acid groups (broad SMARTS) is 1. The third-order valence-corrected chi connectivity index (χ3v) is 5.55. The Kier molecular flexibility index (Phi) is 6.64. The fourth-order valence-corrected chi connectivity index (χ4v) is 4.26. The Balaban J connectivity index is 2.22. The van der Waals surface area contributed by atoms with Gasteiger partial charge in [0.25, 0.3) is 0 Å². The highest BCUT2D eigenvalue weighted by molar-refractivity contribution is 5.74. The predicted octanol–water partition coefficient (Wildman–Crippen LogP) is 4.05. The van der Waals surface area contributed by atoms with E-state index in [0.717, 1.165) is 29.5 Å². The van der Waals surface area contributed by atoms with E-state index in [1.807, 2.05) is 37.3 Å². The van der Waals surface area contributed by atoms with Gasteiger partial charge in [0, 0.05) is 5.56 Å². The van der Waals surface area contributed by atoms with Crippen LogP contribution in [0.15, 0.2) is 36.4 Å². The Labute approximate surface area is 172 Å². The molecule has 2 aromatic rings. The van der Waals surface area contributed by atoms with Gasteiger partial charge in [-0.05, 0) is 44.0 Å². The number of methoxy groups -OCH3 is 3. The van der Waals surface area contributed by atoms with Crippen molar-refractivity contribution in [2.75, 3.05) is 27.9 Å². The lowest BCUT2D eigenvalue weighted by molar-refractivity contribution is -0.145. The summed E-state index contributed by atoms with van der Waals surface area (Å²) in [5.74, 6) is 0.855. The topological polar surface area (TPSA) is 68.2 Å². The largest absolute Gasteiger partial charge is 0.493 e. The molecule has 0 radical (unpaired) electrons. The summed E-state index contributed by atoms with van der Waals surface area (Å²) in [7, 11) is 4.76. The van der Waals surface area contributed by atoms with Gasteiger partial charge < -0.3 is 19.3 Å². The Bertz CT molecular complexity index is 866. The van der Waals surface area contributed by atoms with Crippen molar-refractivity contribution in [1.29, 1.82) is 0 Å². The number of carboxylic acids is 1. The zero-order valence-electron chi connectivity index (χ0n) is 17.5. The SMILES string of the molecule is COc1ccc(C(c2cccc(C)c2)N2CCCCC2C(=O)O)c(OC)c1OC. The van der Waals surface area contributed by atoms with Crippen LogP contribution in [-0.4, -0.2) is 49.9 Å². The van der Waals surface area contributed by atoms with Crippen molar-refractivity contribution in [3.63, 3.8) is 0 Å². The number of rotatable bonds is 7. The number of benzene rings is 2. The summed E-state index contributed by atoms with van der Waals surface area (Å²) in [5, 5.41) is 9.90. The maximum Gasteiger partial charge on any atom is 0.320 e. The number of nitrogens with zero attached hydrogens (tertiary/aromatic N) is 1. The molecule has 3 rings (SSSR count). The summed E-state index contributed by atoms with van der Waals surface area (Å²) in [6.07, 6.45) is 2.51. The molecule has 6 heteroatoms. The molecule has 1 N–H and O–H groups in total. The number of carbonyl (C=O) groups is 1. The Morgan fingerprint density at radius 3 is 2.45 bits per heavy atom. The van der Waals surface area contributed by atoms with E-state index in [2.05, 4.69) is 11.0 Å². The monoisotopic (exact) mass is 399 g/mol. The first kappa shape index (κ1) is 21.0. The van der Waals surface area contributed by atoms with E-state index in [-0.39, 0.29) is 6.04 Å². The van der Waals surface area contributed by atoms with Crippen molar-refractivity contribution in [2.24, 2.45) is 0 Å². The minimum Gasteiger partial charge on any atom is -0.493 e. The van der Waals surface area contributed by atoms with Gasteiger partial charge in [-0.1, -0.05) is 36.2 Å². The van der Waals surface area contributed by atoms with Crippen molar-refractivity contribution in [3.8, 4) is 17.2 Å². The van der Waals surface area contributed by atoms with E-state index in [0.29, 0.717) is 30.2 Å². The van der Waals surface area contributed by atoms with Crippen molar-refractivity contribution >= 4 is 5.97 Å². The van der Waals surface area contributed by atoms with Gasteiger partial charge in [0.15, 0.2) is 11.5 Å². The van der Waals surface area contributed by atoms with Crippen molar-refractivity contribution in [1.82, 2.24) is 4.90 Å². The second-order valence-corrected chi connectivity index (χ2v) is 7.33. The molecule has 1 aliphatic rings. The molecule has 0 amide bonds. The van der Waals surface area contributed by atoms with Gasteiger partial charge in [-0.3, -0.25) is 9.69 Å². The van der Waals surface area contributed by atoms with Crippen molar-refractivity contribution in [2.45, 2.75) is 38.3 Å². The van der Waals surface area contributed by atoms with Crippen molar-refractivity contribution < 1.29 is 24.1 Å². The Morgan fingerprint density at radius 1 is 1.07 bits per heavy atom. The quantitative estimate of drug-likeness (QED) is 0.758. The zero-order valence-corrected chi connectivity index (χ0v) is 17.5. The van der Waals surface area contributed by atoms with E-state index in [1.54, 1.807) is 21.3 Å². The minimum atomic E-state index is -0.790. The van der Waals surface area contributed by atoms with Crippen molar-refractivity contribution in [3.05, 3.63) is 53.1 Å². The second-order valence-electron chi connectivity index (χ2n) is 7.33. The van der Waals surface area contributed by atoms with E-state index >= 15 is 0 Å². The first-order valence-electron chi connectivity index (χ1n) is 9.85. The van der Waals surface area contributed by atoms with Crippen LogP contribution in [0.4, 0.5) is 0 Å². The maximum atomic E-state index is 12.1. The first-order chi connectivity index (χ1) is 14.0. The molecule has 0 spiro atoms. The fraction of sp³-hybridized carbons (Fsp3) is 0.435.